The van der Waals surface area contributed by atoms with Gasteiger partial charge in [-0.2, -0.15) is 9.97 Å². The average Bonchev–Trinajstić information content (AvgIpc) is 2.43. The summed E-state index contributed by atoms with van der Waals surface area (Å²) in [6.07, 6.45) is 1.58. The number of hydrogen-bond donors (Lipinski definition) is 1. The highest BCUT2D eigenvalue weighted by atomic mass is 16.5. The minimum absolute atomic E-state index is 0.0810. The van der Waals surface area contributed by atoms with Crippen molar-refractivity contribution in [1.82, 2.24) is 15.0 Å². The maximum absolute atomic E-state index is 5.56. The van der Waals surface area contributed by atoms with Crippen LogP contribution < -0.4 is 15.2 Å². The summed E-state index contributed by atoms with van der Waals surface area (Å²) in [7, 11) is 1.63. The van der Waals surface area contributed by atoms with E-state index in [1.807, 2.05) is 6.92 Å². The predicted octanol–water partition coefficient (Wildman–Crippen LogP) is 0.675. The fourth-order valence-electron chi connectivity index (χ4n) is 1.24. The Kier molecular flexibility index (Phi) is 8.32. The average molecular weight is 286 g/mol. The molecule has 0 bridgehead atoms. The Hall–Kier alpha value is -1.67. The lowest BCUT2D eigenvalue weighted by molar-refractivity contribution is 0.0638. The van der Waals surface area contributed by atoms with Gasteiger partial charge in [0, 0.05) is 20.1 Å². The summed E-state index contributed by atoms with van der Waals surface area (Å²) in [5.41, 5.74) is 5.56. The fraction of sp³-hybridized carbons (Fsp3) is 0.750. The van der Waals surface area contributed by atoms with E-state index >= 15 is 0 Å². The SMILES string of the molecule is CCCOc1nc(N)nc(OCCCOCCOC)n1. The van der Waals surface area contributed by atoms with Gasteiger partial charge >= 0.3 is 12.0 Å². The molecule has 1 heterocycles. The van der Waals surface area contributed by atoms with Crippen LogP contribution in [0.1, 0.15) is 19.8 Å². The molecule has 0 unspecified atom stereocenters. The third-order valence-corrected chi connectivity index (χ3v) is 2.14. The zero-order valence-electron chi connectivity index (χ0n) is 12.0. The molecule has 0 saturated carbocycles. The summed E-state index contributed by atoms with van der Waals surface area (Å²) < 4.78 is 20.8. The van der Waals surface area contributed by atoms with E-state index in [-0.39, 0.29) is 18.0 Å². The second kappa shape index (κ2) is 10.2. The van der Waals surface area contributed by atoms with E-state index in [2.05, 4.69) is 15.0 Å². The van der Waals surface area contributed by atoms with Crippen molar-refractivity contribution in [2.75, 3.05) is 45.9 Å². The number of nitrogens with two attached hydrogens (primary N) is 1. The molecule has 0 aliphatic carbocycles. The lowest BCUT2D eigenvalue weighted by atomic mass is 10.5. The Morgan fingerprint density at radius 3 is 2.25 bits per heavy atom. The molecule has 114 valence electrons. The van der Waals surface area contributed by atoms with Gasteiger partial charge in [0.2, 0.25) is 5.95 Å². The lowest BCUT2D eigenvalue weighted by Gasteiger charge is -2.07. The van der Waals surface area contributed by atoms with Gasteiger partial charge in [-0.25, -0.2) is 0 Å². The first-order valence-electron chi connectivity index (χ1n) is 6.60. The number of rotatable bonds is 11. The van der Waals surface area contributed by atoms with Crippen molar-refractivity contribution < 1.29 is 18.9 Å². The van der Waals surface area contributed by atoms with Crippen LogP contribution in [-0.2, 0) is 9.47 Å². The number of anilines is 1. The van der Waals surface area contributed by atoms with E-state index in [4.69, 9.17) is 24.7 Å². The predicted molar refractivity (Wildman–Crippen MR) is 72.8 cm³/mol. The highest BCUT2D eigenvalue weighted by Crippen LogP contribution is 2.11. The van der Waals surface area contributed by atoms with Crippen molar-refractivity contribution in [3.8, 4) is 12.0 Å². The van der Waals surface area contributed by atoms with Gasteiger partial charge in [-0.05, 0) is 6.42 Å². The molecule has 8 heteroatoms. The minimum Gasteiger partial charge on any atom is -0.463 e. The zero-order valence-corrected chi connectivity index (χ0v) is 12.0. The van der Waals surface area contributed by atoms with Gasteiger partial charge in [0.15, 0.2) is 0 Å². The van der Waals surface area contributed by atoms with Crippen LogP contribution in [0.3, 0.4) is 0 Å². The first-order chi connectivity index (χ1) is 9.76. The lowest BCUT2D eigenvalue weighted by Crippen LogP contribution is -2.10. The summed E-state index contributed by atoms with van der Waals surface area (Å²) in [6.45, 7) is 4.70. The second-order valence-corrected chi connectivity index (χ2v) is 3.91. The largest absolute Gasteiger partial charge is 0.463 e. The van der Waals surface area contributed by atoms with Gasteiger partial charge < -0.3 is 24.7 Å². The maximum Gasteiger partial charge on any atom is 0.324 e. The molecule has 20 heavy (non-hydrogen) atoms. The minimum atomic E-state index is 0.0810. The Balaban J connectivity index is 2.26. The van der Waals surface area contributed by atoms with Crippen molar-refractivity contribution in [2.45, 2.75) is 19.8 Å². The molecule has 0 atom stereocenters. The number of ether oxygens (including phenoxy) is 4. The van der Waals surface area contributed by atoms with Crippen LogP contribution in [0.4, 0.5) is 5.95 Å². The molecule has 0 saturated heterocycles. The van der Waals surface area contributed by atoms with Gasteiger partial charge in [0.05, 0.1) is 26.4 Å². The van der Waals surface area contributed by atoms with Crippen molar-refractivity contribution in [3.63, 3.8) is 0 Å². The summed E-state index contributed by atoms with van der Waals surface area (Å²) in [5.74, 6) is 0.0810. The molecule has 0 aliphatic rings. The maximum atomic E-state index is 5.56. The van der Waals surface area contributed by atoms with Gasteiger partial charge in [0.25, 0.3) is 0 Å². The molecule has 0 fully saturated rings. The molecule has 1 aromatic heterocycles. The third kappa shape index (κ3) is 7.05. The highest BCUT2D eigenvalue weighted by molar-refractivity contribution is 5.20. The summed E-state index contributed by atoms with van der Waals surface area (Å²) in [5, 5.41) is 0. The fourth-order valence-corrected chi connectivity index (χ4v) is 1.24. The molecule has 0 aliphatic heterocycles. The molecule has 1 rings (SSSR count). The normalized spacial score (nSPS) is 10.5. The zero-order chi connectivity index (χ0) is 14.6. The second-order valence-electron chi connectivity index (χ2n) is 3.91. The number of aromatic nitrogens is 3. The van der Waals surface area contributed by atoms with Crippen molar-refractivity contribution >= 4 is 5.95 Å². The number of hydrogen-bond acceptors (Lipinski definition) is 8. The number of methoxy groups -OCH3 is 1. The van der Waals surface area contributed by atoms with E-state index in [9.17, 15) is 0 Å². The van der Waals surface area contributed by atoms with Gasteiger partial charge in [-0.3, -0.25) is 0 Å². The molecule has 0 radical (unpaired) electrons. The molecular formula is C12H22N4O4. The molecule has 0 spiro atoms. The van der Waals surface area contributed by atoms with E-state index in [0.29, 0.717) is 33.0 Å². The highest BCUT2D eigenvalue weighted by Gasteiger charge is 2.06. The first-order valence-corrected chi connectivity index (χ1v) is 6.60. The molecular weight excluding hydrogens is 264 g/mol. The standard InChI is InChI=1S/C12H22N4O4/c1-3-5-19-11-14-10(13)15-12(16-11)20-7-4-6-18-9-8-17-2/h3-9H2,1-2H3,(H2,13,14,15,16). The van der Waals surface area contributed by atoms with Crippen LogP contribution in [0.15, 0.2) is 0 Å². The van der Waals surface area contributed by atoms with E-state index in [1.54, 1.807) is 7.11 Å². The molecule has 0 amide bonds. The first kappa shape index (κ1) is 16.4. The van der Waals surface area contributed by atoms with Crippen LogP contribution in [0.25, 0.3) is 0 Å². The Labute approximate surface area is 118 Å². The summed E-state index contributed by atoms with van der Waals surface area (Å²) in [6, 6.07) is 0.353. The third-order valence-electron chi connectivity index (χ3n) is 2.14. The van der Waals surface area contributed by atoms with Crippen LogP contribution in [0, 0.1) is 0 Å². The molecule has 2 N–H and O–H groups in total. The van der Waals surface area contributed by atoms with Crippen molar-refractivity contribution in [1.29, 1.82) is 0 Å². The van der Waals surface area contributed by atoms with Crippen LogP contribution in [-0.4, -0.2) is 55.1 Å². The van der Waals surface area contributed by atoms with E-state index < -0.39 is 0 Å². The summed E-state index contributed by atoms with van der Waals surface area (Å²) >= 11 is 0. The van der Waals surface area contributed by atoms with E-state index in [0.717, 1.165) is 12.8 Å². The van der Waals surface area contributed by atoms with Gasteiger partial charge in [-0.1, -0.05) is 6.92 Å². The van der Waals surface area contributed by atoms with Crippen LogP contribution >= 0.6 is 0 Å². The topological polar surface area (TPSA) is 102 Å². The van der Waals surface area contributed by atoms with Crippen molar-refractivity contribution in [2.24, 2.45) is 0 Å². The van der Waals surface area contributed by atoms with E-state index in [1.165, 1.54) is 0 Å². The molecule has 0 aromatic carbocycles. The quantitative estimate of drug-likeness (QED) is 0.592. The van der Waals surface area contributed by atoms with Crippen LogP contribution in [0.2, 0.25) is 0 Å². The van der Waals surface area contributed by atoms with Gasteiger partial charge in [-0.15, -0.1) is 4.98 Å². The molecule has 1 aromatic rings. The Morgan fingerprint density at radius 2 is 1.60 bits per heavy atom. The summed E-state index contributed by atoms with van der Waals surface area (Å²) in [4.78, 5) is 11.8. The monoisotopic (exact) mass is 286 g/mol. The molecule has 8 nitrogen and oxygen atoms in total. The van der Waals surface area contributed by atoms with Gasteiger partial charge in [0.1, 0.15) is 0 Å². The Morgan fingerprint density at radius 1 is 0.900 bits per heavy atom. The van der Waals surface area contributed by atoms with Crippen molar-refractivity contribution in [3.05, 3.63) is 0 Å². The smallest absolute Gasteiger partial charge is 0.324 e. The Bertz CT molecular complexity index is 378. The number of nitrogens with zero attached hydrogens (tertiary/aromatic N) is 3. The van der Waals surface area contributed by atoms with Crippen LogP contribution in [0.5, 0.6) is 12.0 Å². The number of nitrogen functional groups attached to an aromatic ring is 1.